The number of benzene rings is 1. The van der Waals surface area contributed by atoms with Gasteiger partial charge in [0.25, 0.3) is 0 Å². The van der Waals surface area contributed by atoms with Crippen LogP contribution >= 0.6 is 0 Å². The molecule has 0 aliphatic rings. The summed E-state index contributed by atoms with van der Waals surface area (Å²) < 4.78 is 11.0. The lowest BCUT2D eigenvalue weighted by atomic mass is 10.1. The van der Waals surface area contributed by atoms with Gasteiger partial charge in [-0.15, -0.1) is 6.58 Å². The van der Waals surface area contributed by atoms with E-state index >= 15 is 0 Å². The van der Waals surface area contributed by atoms with Crippen molar-refractivity contribution in [3.63, 3.8) is 0 Å². The first-order valence-electron chi connectivity index (χ1n) is 6.68. The lowest BCUT2D eigenvalue weighted by molar-refractivity contribution is 0.0986. The average Bonchev–Trinajstić information content (AvgIpc) is 2.43. The summed E-state index contributed by atoms with van der Waals surface area (Å²) >= 11 is 0. The highest BCUT2D eigenvalue weighted by Gasteiger charge is 2.03. The smallest absolute Gasteiger partial charge is 0.0716 e. The summed E-state index contributed by atoms with van der Waals surface area (Å²) in [6, 6.07) is 10.3. The molecule has 0 aromatic heterocycles. The molecule has 100 valence electrons. The minimum absolute atomic E-state index is 0.449. The molecule has 0 fully saturated rings. The Hall–Kier alpha value is -1.12. The van der Waals surface area contributed by atoms with Crippen molar-refractivity contribution in [1.82, 2.24) is 0 Å². The minimum atomic E-state index is 0.449. The Kier molecular flexibility index (Phi) is 8.19. The Balaban J connectivity index is 2.05. The third-order valence-corrected chi connectivity index (χ3v) is 2.84. The van der Waals surface area contributed by atoms with Crippen LogP contribution in [0.4, 0.5) is 0 Å². The van der Waals surface area contributed by atoms with E-state index in [0.717, 1.165) is 32.7 Å². The third-order valence-electron chi connectivity index (χ3n) is 2.84. The van der Waals surface area contributed by atoms with Crippen LogP contribution in [0.3, 0.4) is 0 Å². The second-order valence-corrected chi connectivity index (χ2v) is 4.34. The largest absolute Gasteiger partial charge is 0.381 e. The van der Waals surface area contributed by atoms with E-state index in [4.69, 9.17) is 9.47 Å². The van der Waals surface area contributed by atoms with Crippen molar-refractivity contribution in [2.24, 2.45) is 5.92 Å². The molecule has 0 spiro atoms. The Bertz CT molecular complexity index is 308. The van der Waals surface area contributed by atoms with Crippen LogP contribution in [0.2, 0.25) is 0 Å². The fourth-order valence-corrected chi connectivity index (χ4v) is 1.75. The zero-order valence-corrected chi connectivity index (χ0v) is 11.3. The molecule has 1 atom stereocenters. The molecular weight excluding hydrogens is 224 g/mol. The number of hydrogen-bond donors (Lipinski definition) is 0. The van der Waals surface area contributed by atoms with Gasteiger partial charge < -0.3 is 9.47 Å². The van der Waals surface area contributed by atoms with Gasteiger partial charge >= 0.3 is 0 Å². The Morgan fingerprint density at radius 3 is 2.67 bits per heavy atom. The number of hydrogen-bond acceptors (Lipinski definition) is 2. The highest BCUT2D eigenvalue weighted by Crippen LogP contribution is 2.09. The van der Waals surface area contributed by atoms with Crippen molar-refractivity contribution >= 4 is 0 Å². The SMILES string of the molecule is C=CC(CCCOCc1ccccc1)COCC. The monoisotopic (exact) mass is 248 g/mol. The summed E-state index contributed by atoms with van der Waals surface area (Å²) in [5.74, 6) is 0.449. The van der Waals surface area contributed by atoms with E-state index in [0.29, 0.717) is 12.5 Å². The van der Waals surface area contributed by atoms with Gasteiger partial charge in [-0.3, -0.25) is 0 Å². The highest BCUT2D eigenvalue weighted by molar-refractivity contribution is 5.13. The molecule has 18 heavy (non-hydrogen) atoms. The number of ether oxygens (including phenoxy) is 2. The normalized spacial score (nSPS) is 12.3. The van der Waals surface area contributed by atoms with Crippen molar-refractivity contribution in [1.29, 1.82) is 0 Å². The Morgan fingerprint density at radius 2 is 2.00 bits per heavy atom. The van der Waals surface area contributed by atoms with E-state index < -0.39 is 0 Å². The molecule has 0 radical (unpaired) electrons. The molecule has 0 heterocycles. The van der Waals surface area contributed by atoms with Crippen molar-refractivity contribution in [2.45, 2.75) is 26.4 Å². The van der Waals surface area contributed by atoms with Crippen LogP contribution in [0, 0.1) is 5.92 Å². The molecule has 0 bridgehead atoms. The maximum absolute atomic E-state index is 5.64. The standard InChI is InChI=1S/C16H24O2/c1-3-15(13-17-4-2)11-8-12-18-14-16-9-6-5-7-10-16/h3,5-7,9-10,15H,1,4,8,11-14H2,2H3. The highest BCUT2D eigenvalue weighted by atomic mass is 16.5. The lowest BCUT2D eigenvalue weighted by Gasteiger charge is -2.12. The zero-order chi connectivity index (χ0) is 13.1. The molecule has 2 nitrogen and oxygen atoms in total. The van der Waals surface area contributed by atoms with Crippen molar-refractivity contribution in [3.8, 4) is 0 Å². The lowest BCUT2D eigenvalue weighted by Crippen LogP contribution is -2.08. The molecule has 0 amide bonds. The molecule has 0 saturated carbocycles. The van der Waals surface area contributed by atoms with Gasteiger partial charge in [0, 0.05) is 19.1 Å². The molecule has 1 aromatic carbocycles. The molecule has 0 N–H and O–H groups in total. The summed E-state index contributed by atoms with van der Waals surface area (Å²) in [5, 5.41) is 0. The predicted molar refractivity (Wildman–Crippen MR) is 75.5 cm³/mol. The molecule has 0 saturated heterocycles. The van der Waals surface area contributed by atoms with Crippen LogP contribution < -0.4 is 0 Å². The molecule has 1 unspecified atom stereocenters. The van der Waals surface area contributed by atoms with E-state index in [-0.39, 0.29) is 0 Å². The van der Waals surface area contributed by atoms with Crippen LogP contribution in [0.25, 0.3) is 0 Å². The second kappa shape index (κ2) is 9.86. The van der Waals surface area contributed by atoms with Crippen molar-refractivity contribution < 1.29 is 9.47 Å². The van der Waals surface area contributed by atoms with Crippen LogP contribution in [0.1, 0.15) is 25.3 Å². The fraction of sp³-hybridized carbons (Fsp3) is 0.500. The van der Waals surface area contributed by atoms with Gasteiger partial charge in [-0.05, 0) is 25.3 Å². The van der Waals surface area contributed by atoms with Crippen LogP contribution in [0.5, 0.6) is 0 Å². The number of rotatable bonds is 10. The Labute approximate surface area is 111 Å². The summed E-state index contributed by atoms with van der Waals surface area (Å²) in [6.45, 7) is 8.90. The zero-order valence-electron chi connectivity index (χ0n) is 11.3. The average molecular weight is 248 g/mol. The van der Waals surface area contributed by atoms with E-state index in [9.17, 15) is 0 Å². The maximum atomic E-state index is 5.64. The summed E-state index contributed by atoms with van der Waals surface area (Å²) in [6.07, 6.45) is 4.11. The van der Waals surface area contributed by atoms with Gasteiger partial charge in [0.05, 0.1) is 13.2 Å². The topological polar surface area (TPSA) is 18.5 Å². The first-order valence-corrected chi connectivity index (χ1v) is 6.68. The molecule has 1 aromatic rings. The van der Waals surface area contributed by atoms with Crippen molar-refractivity contribution in [2.75, 3.05) is 19.8 Å². The molecular formula is C16H24O2. The quantitative estimate of drug-likeness (QED) is 0.463. The van der Waals surface area contributed by atoms with Crippen LogP contribution in [-0.2, 0) is 16.1 Å². The first kappa shape index (κ1) is 14.9. The van der Waals surface area contributed by atoms with E-state index in [2.05, 4.69) is 18.7 Å². The summed E-state index contributed by atoms with van der Waals surface area (Å²) in [4.78, 5) is 0. The van der Waals surface area contributed by atoms with Gasteiger partial charge in [0.2, 0.25) is 0 Å². The van der Waals surface area contributed by atoms with Crippen molar-refractivity contribution in [3.05, 3.63) is 48.6 Å². The van der Waals surface area contributed by atoms with E-state index in [1.165, 1.54) is 5.56 Å². The van der Waals surface area contributed by atoms with Crippen LogP contribution in [-0.4, -0.2) is 19.8 Å². The van der Waals surface area contributed by atoms with Crippen LogP contribution in [0.15, 0.2) is 43.0 Å². The molecule has 1 rings (SSSR count). The Morgan fingerprint density at radius 1 is 1.22 bits per heavy atom. The maximum Gasteiger partial charge on any atom is 0.0716 e. The van der Waals surface area contributed by atoms with Gasteiger partial charge in [-0.2, -0.15) is 0 Å². The fourth-order valence-electron chi connectivity index (χ4n) is 1.75. The molecule has 0 aliphatic carbocycles. The van der Waals surface area contributed by atoms with Gasteiger partial charge in [-0.25, -0.2) is 0 Å². The predicted octanol–water partition coefficient (Wildman–Crippen LogP) is 3.82. The van der Waals surface area contributed by atoms with Gasteiger partial charge in [0.1, 0.15) is 0 Å². The summed E-state index contributed by atoms with van der Waals surface area (Å²) in [5.41, 5.74) is 1.23. The third kappa shape index (κ3) is 6.58. The van der Waals surface area contributed by atoms with E-state index in [1.807, 2.05) is 31.2 Å². The summed E-state index contributed by atoms with van der Waals surface area (Å²) in [7, 11) is 0. The van der Waals surface area contributed by atoms with E-state index in [1.54, 1.807) is 0 Å². The first-order chi connectivity index (χ1) is 8.86. The minimum Gasteiger partial charge on any atom is -0.381 e. The second-order valence-electron chi connectivity index (χ2n) is 4.34. The molecule has 0 aliphatic heterocycles. The molecule has 2 heteroatoms. The van der Waals surface area contributed by atoms with Gasteiger partial charge in [-0.1, -0.05) is 36.4 Å². The van der Waals surface area contributed by atoms with Gasteiger partial charge in [0.15, 0.2) is 0 Å².